The minimum atomic E-state index is 0.642. The quantitative estimate of drug-likeness (QED) is 0.812. The van der Waals surface area contributed by atoms with E-state index in [-0.39, 0.29) is 0 Å². The number of nitriles is 1. The summed E-state index contributed by atoms with van der Waals surface area (Å²) in [5.74, 6) is 1.52. The van der Waals surface area contributed by atoms with Crippen LogP contribution in [0, 0.1) is 11.3 Å². The van der Waals surface area contributed by atoms with E-state index in [0.717, 1.165) is 11.5 Å². The van der Waals surface area contributed by atoms with Gasteiger partial charge in [-0.3, -0.25) is 0 Å². The van der Waals surface area contributed by atoms with E-state index >= 15 is 0 Å². The number of nitrogens with zero attached hydrogens (tertiary/aromatic N) is 1. The molecule has 0 fully saturated rings. The van der Waals surface area contributed by atoms with Crippen molar-refractivity contribution in [1.82, 2.24) is 0 Å². The van der Waals surface area contributed by atoms with Gasteiger partial charge in [0.05, 0.1) is 7.11 Å². The maximum absolute atomic E-state index is 8.67. The van der Waals surface area contributed by atoms with E-state index < -0.39 is 0 Å². The second-order valence-electron chi connectivity index (χ2n) is 3.01. The maximum Gasteiger partial charge on any atom is 0.182 e. The molecule has 0 amide bonds. The molecule has 0 aliphatic rings. The summed E-state index contributed by atoms with van der Waals surface area (Å²) in [6.07, 6.45) is 0. The molecular formula is C12H9NO2S. The Bertz CT molecular complexity index is 511. The minimum Gasteiger partial charge on any atom is -0.497 e. The fourth-order valence-electron chi connectivity index (χ4n) is 1.20. The second kappa shape index (κ2) is 4.69. The number of hydrogen-bond acceptors (Lipinski definition) is 4. The standard InChI is InChI=1S/C12H9NO2S/c1-14-9-2-4-10(5-3-9)15-12-7-6-11(8-13)16-12/h2-7H,1H3. The molecule has 16 heavy (non-hydrogen) atoms. The van der Waals surface area contributed by atoms with Crippen LogP contribution >= 0.6 is 11.3 Å². The molecule has 2 rings (SSSR count). The molecule has 0 bridgehead atoms. The van der Waals surface area contributed by atoms with Gasteiger partial charge in [-0.25, -0.2) is 0 Å². The Hall–Kier alpha value is -1.99. The van der Waals surface area contributed by atoms with E-state index in [4.69, 9.17) is 14.7 Å². The number of rotatable bonds is 3. The van der Waals surface area contributed by atoms with Crippen LogP contribution in [0.15, 0.2) is 36.4 Å². The Kier molecular flexibility index (Phi) is 3.08. The average Bonchev–Trinajstić information content (AvgIpc) is 2.78. The van der Waals surface area contributed by atoms with E-state index in [9.17, 15) is 0 Å². The molecule has 0 N–H and O–H groups in total. The predicted octanol–water partition coefficient (Wildman–Crippen LogP) is 3.42. The molecule has 0 atom stereocenters. The number of benzene rings is 1. The molecule has 0 aliphatic carbocycles. The smallest absolute Gasteiger partial charge is 0.182 e. The van der Waals surface area contributed by atoms with Gasteiger partial charge in [0.1, 0.15) is 22.4 Å². The zero-order chi connectivity index (χ0) is 11.4. The summed E-state index contributed by atoms with van der Waals surface area (Å²) < 4.78 is 10.6. The SMILES string of the molecule is COc1ccc(Oc2ccc(C#N)s2)cc1. The lowest BCUT2D eigenvalue weighted by molar-refractivity contribution is 0.413. The largest absolute Gasteiger partial charge is 0.497 e. The molecule has 0 radical (unpaired) electrons. The number of thiophene rings is 1. The van der Waals surface area contributed by atoms with Crippen LogP contribution < -0.4 is 9.47 Å². The van der Waals surface area contributed by atoms with Gasteiger partial charge in [0, 0.05) is 0 Å². The van der Waals surface area contributed by atoms with Crippen molar-refractivity contribution in [1.29, 1.82) is 5.26 Å². The highest BCUT2D eigenvalue weighted by Crippen LogP contribution is 2.29. The van der Waals surface area contributed by atoms with Gasteiger partial charge in [-0.1, -0.05) is 11.3 Å². The molecule has 1 aromatic heterocycles. The first-order valence-electron chi connectivity index (χ1n) is 4.63. The molecule has 0 unspecified atom stereocenters. The lowest BCUT2D eigenvalue weighted by Gasteiger charge is -2.03. The highest BCUT2D eigenvalue weighted by molar-refractivity contribution is 7.14. The van der Waals surface area contributed by atoms with Gasteiger partial charge in [0.15, 0.2) is 5.06 Å². The van der Waals surface area contributed by atoms with Crippen molar-refractivity contribution in [2.75, 3.05) is 7.11 Å². The molecule has 1 heterocycles. The second-order valence-corrected chi connectivity index (χ2v) is 4.05. The summed E-state index contributed by atoms with van der Waals surface area (Å²) in [4.78, 5) is 0.642. The van der Waals surface area contributed by atoms with E-state index in [2.05, 4.69) is 6.07 Å². The van der Waals surface area contributed by atoms with Crippen LogP contribution in [0.3, 0.4) is 0 Å². The Balaban J connectivity index is 2.11. The summed E-state index contributed by atoms with van der Waals surface area (Å²) >= 11 is 1.32. The van der Waals surface area contributed by atoms with Crippen LogP contribution in [0.5, 0.6) is 16.6 Å². The molecule has 0 spiro atoms. The van der Waals surface area contributed by atoms with E-state index in [1.54, 1.807) is 19.2 Å². The Labute approximate surface area is 97.5 Å². The Morgan fingerprint density at radius 3 is 2.31 bits per heavy atom. The summed E-state index contributed by atoms with van der Waals surface area (Å²) in [5, 5.41) is 9.38. The Morgan fingerprint density at radius 1 is 1.06 bits per heavy atom. The van der Waals surface area contributed by atoms with Crippen molar-refractivity contribution in [3.8, 4) is 22.6 Å². The number of hydrogen-bond donors (Lipinski definition) is 0. The molecular weight excluding hydrogens is 222 g/mol. The van der Waals surface area contributed by atoms with E-state index in [0.29, 0.717) is 9.94 Å². The Morgan fingerprint density at radius 2 is 1.75 bits per heavy atom. The van der Waals surface area contributed by atoms with Gasteiger partial charge in [0.2, 0.25) is 0 Å². The minimum absolute atomic E-state index is 0.642. The highest BCUT2D eigenvalue weighted by Gasteiger charge is 2.01. The number of methoxy groups -OCH3 is 1. The van der Waals surface area contributed by atoms with E-state index in [1.165, 1.54) is 11.3 Å². The zero-order valence-electron chi connectivity index (χ0n) is 8.64. The van der Waals surface area contributed by atoms with Crippen LogP contribution in [-0.4, -0.2) is 7.11 Å². The first kappa shape index (κ1) is 10.5. The maximum atomic E-state index is 8.67. The zero-order valence-corrected chi connectivity index (χ0v) is 9.45. The summed E-state index contributed by atoms with van der Waals surface area (Å²) in [5.41, 5.74) is 0. The van der Waals surface area contributed by atoms with Crippen molar-refractivity contribution < 1.29 is 9.47 Å². The van der Waals surface area contributed by atoms with E-state index in [1.807, 2.05) is 24.3 Å². The van der Waals surface area contributed by atoms with Crippen molar-refractivity contribution in [2.24, 2.45) is 0 Å². The van der Waals surface area contributed by atoms with Crippen LogP contribution in [0.4, 0.5) is 0 Å². The predicted molar refractivity (Wildman–Crippen MR) is 62.1 cm³/mol. The first-order chi connectivity index (χ1) is 7.81. The molecule has 3 nitrogen and oxygen atoms in total. The molecule has 0 saturated heterocycles. The third-order valence-corrected chi connectivity index (χ3v) is 2.84. The monoisotopic (exact) mass is 231 g/mol. The molecule has 2 aromatic rings. The molecule has 1 aromatic carbocycles. The topological polar surface area (TPSA) is 42.2 Å². The third-order valence-electron chi connectivity index (χ3n) is 1.97. The van der Waals surface area contributed by atoms with Crippen molar-refractivity contribution in [2.45, 2.75) is 0 Å². The van der Waals surface area contributed by atoms with Gasteiger partial charge in [0.25, 0.3) is 0 Å². The highest BCUT2D eigenvalue weighted by atomic mass is 32.1. The summed E-state index contributed by atoms with van der Waals surface area (Å²) in [6, 6.07) is 12.9. The molecule has 0 aliphatic heterocycles. The first-order valence-corrected chi connectivity index (χ1v) is 5.45. The van der Waals surface area contributed by atoms with Crippen LogP contribution in [0.25, 0.3) is 0 Å². The van der Waals surface area contributed by atoms with Crippen molar-refractivity contribution in [3.63, 3.8) is 0 Å². The normalized spacial score (nSPS) is 9.50. The molecule has 4 heteroatoms. The number of ether oxygens (including phenoxy) is 2. The third kappa shape index (κ3) is 2.33. The van der Waals surface area contributed by atoms with Gasteiger partial charge in [-0.05, 0) is 36.4 Å². The summed E-state index contributed by atoms with van der Waals surface area (Å²) in [7, 11) is 1.62. The molecule has 0 saturated carbocycles. The van der Waals surface area contributed by atoms with Crippen molar-refractivity contribution >= 4 is 11.3 Å². The average molecular weight is 231 g/mol. The van der Waals surface area contributed by atoms with Gasteiger partial charge >= 0.3 is 0 Å². The van der Waals surface area contributed by atoms with Crippen molar-refractivity contribution in [3.05, 3.63) is 41.3 Å². The van der Waals surface area contributed by atoms with Crippen LogP contribution in [0.2, 0.25) is 0 Å². The van der Waals surface area contributed by atoms with Gasteiger partial charge < -0.3 is 9.47 Å². The van der Waals surface area contributed by atoms with Crippen LogP contribution in [0.1, 0.15) is 4.88 Å². The fourth-order valence-corrected chi connectivity index (χ4v) is 1.87. The lowest BCUT2D eigenvalue weighted by Crippen LogP contribution is -1.83. The van der Waals surface area contributed by atoms with Crippen LogP contribution in [-0.2, 0) is 0 Å². The fraction of sp³-hybridized carbons (Fsp3) is 0.0833. The summed E-state index contributed by atoms with van der Waals surface area (Å²) in [6.45, 7) is 0. The van der Waals surface area contributed by atoms with Gasteiger partial charge in [-0.2, -0.15) is 5.26 Å². The lowest BCUT2D eigenvalue weighted by atomic mass is 10.3. The van der Waals surface area contributed by atoms with Gasteiger partial charge in [-0.15, -0.1) is 0 Å². The molecule has 80 valence electrons.